The molecule has 0 radical (unpaired) electrons. The van der Waals surface area contributed by atoms with Crippen molar-refractivity contribution in [3.63, 3.8) is 0 Å². The number of alkyl halides is 3. The van der Waals surface area contributed by atoms with Crippen LogP contribution in [-0.4, -0.2) is 20.6 Å². The molecule has 0 aliphatic heterocycles. The van der Waals surface area contributed by atoms with Crippen LogP contribution in [0.1, 0.15) is 18.9 Å². The van der Waals surface area contributed by atoms with Crippen LogP contribution in [0.2, 0.25) is 0 Å². The van der Waals surface area contributed by atoms with Crippen LogP contribution < -0.4 is 10.5 Å². The van der Waals surface area contributed by atoms with Gasteiger partial charge in [-0.1, -0.05) is 6.07 Å². The van der Waals surface area contributed by atoms with Gasteiger partial charge in [0.05, 0.1) is 11.3 Å². The van der Waals surface area contributed by atoms with Crippen molar-refractivity contribution in [1.29, 1.82) is 0 Å². The third kappa shape index (κ3) is 5.04. The molecule has 114 valence electrons. The molecule has 0 amide bonds. The van der Waals surface area contributed by atoms with Gasteiger partial charge in [-0.15, -0.1) is 0 Å². The second-order valence-electron chi connectivity index (χ2n) is 4.31. The lowest BCUT2D eigenvalue weighted by Crippen LogP contribution is -2.36. The molecule has 0 saturated heterocycles. The molecule has 1 aromatic rings. The van der Waals surface area contributed by atoms with Gasteiger partial charge in [0.1, 0.15) is 0 Å². The van der Waals surface area contributed by atoms with Gasteiger partial charge in [-0.25, -0.2) is 13.1 Å². The SMILES string of the molecule is CC(CC(F)(F)F)NS(=O)(=O)c1cc(CN)ccc1Br. The Morgan fingerprint density at radius 2 is 2.00 bits per heavy atom. The predicted molar refractivity (Wildman–Crippen MR) is 72.5 cm³/mol. The molecule has 0 saturated carbocycles. The van der Waals surface area contributed by atoms with Gasteiger partial charge < -0.3 is 5.73 Å². The minimum atomic E-state index is -4.43. The standard InChI is InChI=1S/C11H14BrF3N2O2S/c1-7(5-11(13,14)15)17-20(18,19)10-4-8(6-16)2-3-9(10)12/h2-4,7,17H,5-6,16H2,1H3. The van der Waals surface area contributed by atoms with Gasteiger partial charge in [-0.2, -0.15) is 13.2 Å². The van der Waals surface area contributed by atoms with Gasteiger partial charge in [0, 0.05) is 17.1 Å². The Morgan fingerprint density at radius 3 is 2.50 bits per heavy atom. The predicted octanol–water partition coefficient (Wildman–Crippen LogP) is 2.53. The summed E-state index contributed by atoms with van der Waals surface area (Å²) in [5, 5.41) is 0. The number of nitrogens with two attached hydrogens (primary N) is 1. The van der Waals surface area contributed by atoms with E-state index in [-0.39, 0.29) is 15.9 Å². The molecule has 0 bridgehead atoms. The van der Waals surface area contributed by atoms with E-state index in [2.05, 4.69) is 15.9 Å². The Bertz CT molecular complexity index is 576. The molecule has 20 heavy (non-hydrogen) atoms. The molecule has 3 N–H and O–H groups in total. The first kappa shape index (κ1) is 17.4. The van der Waals surface area contributed by atoms with Gasteiger partial charge >= 0.3 is 6.18 Å². The normalized spacial score (nSPS) is 14.3. The summed E-state index contributed by atoms with van der Waals surface area (Å²) in [6, 6.07) is 3.19. The molecular weight excluding hydrogens is 361 g/mol. The fourth-order valence-electron chi connectivity index (χ4n) is 1.60. The molecule has 0 aliphatic rings. The maximum Gasteiger partial charge on any atom is 0.390 e. The number of halogens is 4. The van der Waals surface area contributed by atoms with Crippen LogP contribution in [0.15, 0.2) is 27.6 Å². The van der Waals surface area contributed by atoms with Crippen molar-refractivity contribution < 1.29 is 21.6 Å². The lowest BCUT2D eigenvalue weighted by Gasteiger charge is -2.17. The Morgan fingerprint density at radius 1 is 1.40 bits per heavy atom. The largest absolute Gasteiger partial charge is 0.390 e. The van der Waals surface area contributed by atoms with E-state index in [4.69, 9.17) is 5.73 Å². The highest BCUT2D eigenvalue weighted by molar-refractivity contribution is 9.10. The van der Waals surface area contributed by atoms with E-state index in [1.807, 2.05) is 4.72 Å². The Hall–Kier alpha value is -0.640. The molecule has 9 heteroatoms. The van der Waals surface area contributed by atoms with E-state index in [9.17, 15) is 21.6 Å². The summed E-state index contributed by atoms with van der Waals surface area (Å²) < 4.78 is 63.1. The molecule has 1 unspecified atom stereocenters. The van der Waals surface area contributed by atoms with Crippen LogP contribution in [0.25, 0.3) is 0 Å². The number of benzene rings is 1. The lowest BCUT2D eigenvalue weighted by atomic mass is 10.2. The molecule has 1 aromatic carbocycles. The number of hydrogen-bond acceptors (Lipinski definition) is 3. The first-order valence-corrected chi connectivity index (χ1v) is 7.90. The van der Waals surface area contributed by atoms with Crippen LogP contribution in [0.5, 0.6) is 0 Å². The maximum atomic E-state index is 12.2. The van der Waals surface area contributed by atoms with Crippen LogP contribution in [-0.2, 0) is 16.6 Å². The van der Waals surface area contributed by atoms with Crippen molar-refractivity contribution in [2.75, 3.05) is 0 Å². The van der Waals surface area contributed by atoms with E-state index in [0.29, 0.717) is 5.56 Å². The van der Waals surface area contributed by atoms with Crippen molar-refractivity contribution in [2.45, 2.75) is 37.0 Å². The summed E-state index contributed by atoms with van der Waals surface area (Å²) in [4.78, 5) is -0.130. The maximum absolute atomic E-state index is 12.2. The Kier molecular flexibility index (Phi) is 5.59. The smallest absolute Gasteiger partial charge is 0.326 e. The third-order valence-corrected chi connectivity index (χ3v) is 5.00. The van der Waals surface area contributed by atoms with Gasteiger partial charge in [-0.05, 0) is 40.5 Å². The second-order valence-corrected chi connectivity index (χ2v) is 6.85. The summed E-state index contributed by atoms with van der Waals surface area (Å²) in [6.07, 6.45) is -5.67. The molecule has 0 spiro atoms. The molecule has 0 aromatic heterocycles. The zero-order chi connectivity index (χ0) is 15.6. The quantitative estimate of drug-likeness (QED) is 0.831. The molecular formula is C11H14BrF3N2O2S. The van der Waals surface area contributed by atoms with Gasteiger partial charge in [0.25, 0.3) is 0 Å². The molecule has 0 heterocycles. The third-order valence-electron chi connectivity index (χ3n) is 2.41. The summed E-state index contributed by atoms with van der Waals surface area (Å²) >= 11 is 3.06. The minimum Gasteiger partial charge on any atom is -0.326 e. The van der Waals surface area contributed by atoms with Crippen LogP contribution in [0, 0.1) is 0 Å². The number of hydrogen-bond donors (Lipinski definition) is 2. The van der Waals surface area contributed by atoms with Gasteiger partial charge in [-0.3, -0.25) is 0 Å². The number of rotatable bonds is 5. The molecule has 1 atom stereocenters. The van der Waals surface area contributed by atoms with E-state index in [1.54, 1.807) is 6.07 Å². The molecule has 0 fully saturated rings. The highest BCUT2D eigenvalue weighted by atomic mass is 79.9. The first-order valence-electron chi connectivity index (χ1n) is 5.63. The average Bonchev–Trinajstić information content (AvgIpc) is 2.25. The summed E-state index contributed by atoms with van der Waals surface area (Å²) in [6.45, 7) is 1.29. The lowest BCUT2D eigenvalue weighted by molar-refractivity contribution is -0.137. The van der Waals surface area contributed by atoms with Gasteiger partial charge in [0.2, 0.25) is 10.0 Å². The van der Waals surface area contributed by atoms with E-state index < -0.39 is 28.7 Å². The average molecular weight is 375 g/mol. The monoisotopic (exact) mass is 374 g/mol. The fourth-order valence-corrected chi connectivity index (χ4v) is 3.86. The van der Waals surface area contributed by atoms with Crippen LogP contribution in [0.4, 0.5) is 13.2 Å². The summed E-state index contributed by atoms with van der Waals surface area (Å²) in [5.41, 5.74) is 5.98. The Labute approximate surface area is 123 Å². The van der Waals surface area contributed by atoms with Crippen molar-refractivity contribution in [2.24, 2.45) is 5.73 Å². The Balaban J connectivity index is 2.99. The van der Waals surface area contributed by atoms with Crippen LogP contribution in [0.3, 0.4) is 0 Å². The van der Waals surface area contributed by atoms with Crippen molar-refractivity contribution in [3.8, 4) is 0 Å². The number of nitrogens with one attached hydrogen (secondary N) is 1. The summed E-state index contributed by atoms with van der Waals surface area (Å²) in [5.74, 6) is 0. The first-order chi connectivity index (χ1) is 9.05. The minimum absolute atomic E-state index is 0.130. The van der Waals surface area contributed by atoms with Crippen molar-refractivity contribution in [1.82, 2.24) is 4.72 Å². The van der Waals surface area contributed by atoms with E-state index >= 15 is 0 Å². The molecule has 0 aliphatic carbocycles. The molecule has 1 rings (SSSR count). The highest BCUT2D eigenvalue weighted by Gasteiger charge is 2.32. The fraction of sp³-hybridized carbons (Fsp3) is 0.455. The van der Waals surface area contributed by atoms with Gasteiger partial charge in [0.15, 0.2) is 0 Å². The molecule has 4 nitrogen and oxygen atoms in total. The zero-order valence-corrected chi connectivity index (χ0v) is 12.9. The second kappa shape index (κ2) is 6.42. The van der Waals surface area contributed by atoms with Crippen LogP contribution >= 0.6 is 15.9 Å². The highest BCUT2D eigenvalue weighted by Crippen LogP contribution is 2.25. The zero-order valence-electron chi connectivity index (χ0n) is 10.5. The number of sulfonamides is 1. The van der Waals surface area contributed by atoms with E-state index in [1.165, 1.54) is 12.1 Å². The summed E-state index contributed by atoms with van der Waals surface area (Å²) in [7, 11) is -4.05. The van der Waals surface area contributed by atoms with Crippen molar-refractivity contribution >= 4 is 26.0 Å². The van der Waals surface area contributed by atoms with Crippen molar-refractivity contribution in [3.05, 3.63) is 28.2 Å². The topological polar surface area (TPSA) is 72.2 Å². The van der Waals surface area contributed by atoms with E-state index in [0.717, 1.165) is 6.92 Å².